The van der Waals surface area contributed by atoms with Crippen LogP contribution in [0, 0.1) is 0 Å². The highest BCUT2D eigenvalue weighted by molar-refractivity contribution is 6.30. The Morgan fingerprint density at radius 2 is 2.27 bits per heavy atom. The molecule has 0 aliphatic heterocycles. The van der Waals surface area contributed by atoms with Crippen molar-refractivity contribution in [1.82, 2.24) is 9.88 Å². The Kier molecular flexibility index (Phi) is 5.06. The minimum atomic E-state index is 0.593. The Balaban J connectivity index is 2.54. The van der Waals surface area contributed by atoms with E-state index in [9.17, 15) is 0 Å². The highest BCUT2D eigenvalue weighted by atomic mass is 35.5. The van der Waals surface area contributed by atoms with Gasteiger partial charge in [0.1, 0.15) is 0 Å². The lowest BCUT2D eigenvalue weighted by Gasteiger charge is -2.23. The van der Waals surface area contributed by atoms with E-state index in [1.165, 1.54) is 12.8 Å². The number of hydrogen-bond acceptors (Lipinski definition) is 2. The molecule has 0 N–H and O–H groups in total. The molecule has 1 aromatic rings. The van der Waals surface area contributed by atoms with Crippen molar-refractivity contribution < 1.29 is 0 Å². The standard InChI is InChI=1S/C12H19ClN2/c1-4-5-10(2)15(3)9-12-8-11(13)6-7-14-12/h6-8,10H,4-5,9H2,1-3H3. The summed E-state index contributed by atoms with van der Waals surface area (Å²) < 4.78 is 0. The van der Waals surface area contributed by atoms with Crippen LogP contribution in [-0.4, -0.2) is 23.0 Å². The molecule has 15 heavy (non-hydrogen) atoms. The highest BCUT2D eigenvalue weighted by Gasteiger charge is 2.09. The first kappa shape index (κ1) is 12.5. The van der Waals surface area contributed by atoms with E-state index in [0.29, 0.717) is 6.04 Å². The van der Waals surface area contributed by atoms with E-state index in [1.807, 2.05) is 6.07 Å². The molecule has 1 aromatic heterocycles. The van der Waals surface area contributed by atoms with Crippen LogP contribution in [0.4, 0.5) is 0 Å². The predicted molar refractivity (Wildman–Crippen MR) is 65.1 cm³/mol. The zero-order valence-corrected chi connectivity index (χ0v) is 10.5. The zero-order valence-electron chi connectivity index (χ0n) is 9.70. The molecule has 1 heterocycles. The average molecular weight is 227 g/mol. The van der Waals surface area contributed by atoms with E-state index in [4.69, 9.17) is 11.6 Å². The van der Waals surface area contributed by atoms with Crippen LogP contribution < -0.4 is 0 Å². The molecule has 0 saturated carbocycles. The lowest BCUT2D eigenvalue weighted by molar-refractivity contribution is 0.234. The first-order valence-corrected chi connectivity index (χ1v) is 5.82. The number of pyridine rings is 1. The van der Waals surface area contributed by atoms with Gasteiger partial charge in [-0.2, -0.15) is 0 Å². The van der Waals surface area contributed by atoms with Gasteiger partial charge in [0, 0.05) is 23.8 Å². The fourth-order valence-electron chi connectivity index (χ4n) is 1.58. The number of rotatable bonds is 5. The molecule has 0 radical (unpaired) electrons. The van der Waals surface area contributed by atoms with Gasteiger partial charge in [0.25, 0.3) is 0 Å². The molecule has 0 amide bonds. The van der Waals surface area contributed by atoms with Gasteiger partial charge in [0.2, 0.25) is 0 Å². The average Bonchev–Trinajstić information content (AvgIpc) is 2.18. The second-order valence-electron chi connectivity index (χ2n) is 4.02. The molecular formula is C12H19ClN2. The first-order valence-electron chi connectivity index (χ1n) is 5.44. The third-order valence-corrected chi connectivity index (χ3v) is 2.88. The summed E-state index contributed by atoms with van der Waals surface area (Å²) in [4.78, 5) is 6.60. The van der Waals surface area contributed by atoms with Gasteiger partial charge < -0.3 is 0 Å². The monoisotopic (exact) mass is 226 g/mol. The van der Waals surface area contributed by atoms with Crippen molar-refractivity contribution in [2.75, 3.05) is 7.05 Å². The second-order valence-corrected chi connectivity index (χ2v) is 4.45. The van der Waals surface area contributed by atoms with Gasteiger partial charge >= 0.3 is 0 Å². The van der Waals surface area contributed by atoms with Crippen LogP contribution >= 0.6 is 11.6 Å². The molecule has 0 aliphatic rings. The third kappa shape index (κ3) is 4.18. The van der Waals surface area contributed by atoms with Crippen molar-refractivity contribution in [2.45, 2.75) is 39.3 Å². The van der Waals surface area contributed by atoms with Crippen LogP contribution in [0.3, 0.4) is 0 Å². The lowest BCUT2D eigenvalue weighted by Crippen LogP contribution is -2.28. The number of nitrogens with zero attached hydrogens (tertiary/aromatic N) is 2. The third-order valence-electron chi connectivity index (χ3n) is 2.65. The van der Waals surface area contributed by atoms with E-state index in [1.54, 1.807) is 12.3 Å². The normalized spacial score (nSPS) is 13.1. The quantitative estimate of drug-likeness (QED) is 0.766. The summed E-state index contributed by atoms with van der Waals surface area (Å²) in [6.45, 7) is 5.32. The van der Waals surface area contributed by atoms with Gasteiger partial charge in [0.15, 0.2) is 0 Å². The second kappa shape index (κ2) is 6.09. The van der Waals surface area contributed by atoms with E-state index in [-0.39, 0.29) is 0 Å². The summed E-state index contributed by atoms with van der Waals surface area (Å²) in [5.74, 6) is 0. The largest absolute Gasteiger partial charge is 0.298 e. The molecule has 84 valence electrons. The molecule has 1 unspecified atom stereocenters. The van der Waals surface area contributed by atoms with Gasteiger partial charge in [-0.1, -0.05) is 24.9 Å². The summed E-state index contributed by atoms with van der Waals surface area (Å²) in [5, 5.41) is 0.761. The summed E-state index contributed by atoms with van der Waals surface area (Å²) in [6.07, 6.45) is 4.20. The molecule has 0 spiro atoms. The number of halogens is 1. The number of aromatic nitrogens is 1. The Hall–Kier alpha value is -0.600. The molecule has 0 fully saturated rings. The molecule has 1 rings (SSSR count). The summed E-state index contributed by atoms with van der Waals surface area (Å²) in [7, 11) is 2.13. The Morgan fingerprint density at radius 3 is 2.87 bits per heavy atom. The van der Waals surface area contributed by atoms with E-state index < -0.39 is 0 Å². The van der Waals surface area contributed by atoms with Crippen molar-refractivity contribution >= 4 is 11.6 Å². The Morgan fingerprint density at radius 1 is 1.53 bits per heavy atom. The molecule has 3 heteroatoms. The summed E-state index contributed by atoms with van der Waals surface area (Å²) in [6, 6.07) is 4.33. The Bertz CT molecular complexity index is 301. The topological polar surface area (TPSA) is 16.1 Å². The smallest absolute Gasteiger partial charge is 0.0558 e. The first-order chi connectivity index (χ1) is 7.13. The van der Waals surface area contributed by atoms with Gasteiger partial charge in [-0.05, 0) is 32.5 Å². The maximum Gasteiger partial charge on any atom is 0.0558 e. The molecule has 0 saturated heterocycles. The van der Waals surface area contributed by atoms with Crippen LogP contribution in [0.15, 0.2) is 18.3 Å². The van der Waals surface area contributed by atoms with Crippen LogP contribution in [0.1, 0.15) is 32.4 Å². The van der Waals surface area contributed by atoms with Crippen LogP contribution in [0.25, 0.3) is 0 Å². The number of hydrogen-bond donors (Lipinski definition) is 0. The van der Waals surface area contributed by atoms with Crippen LogP contribution in [0.5, 0.6) is 0 Å². The lowest BCUT2D eigenvalue weighted by atomic mass is 10.1. The predicted octanol–water partition coefficient (Wildman–Crippen LogP) is 3.36. The fraction of sp³-hybridized carbons (Fsp3) is 0.583. The SMILES string of the molecule is CCCC(C)N(C)Cc1cc(Cl)ccn1. The minimum Gasteiger partial charge on any atom is -0.298 e. The summed E-state index contributed by atoms with van der Waals surface area (Å²) >= 11 is 5.91. The molecule has 0 bridgehead atoms. The minimum absolute atomic E-state index is 0.593. The highest BCUT2D eigenvalue weighted by Crippen LogP contribution is 2.12. The van der Waals surface area contributed by atoms with E-state index >= 15 is 0 Å². The van der Waals surface area contributed by atoms with Gasteiger partial charge in [0.05, 0.1) is 5.69 Å². The van der Waals surface area contributed by atoms with Gasteiger partial charge in [-0.25, -0.2) is 0 Å². The maximum absolute atomic E-state index is 5.91. The van der Waals surface area contributed by atoms with E-state index in [0.717, 1.165) is 17.3 Å². The maximum atomic E-state index is 5.91. The zero-order chi connectivity index (χ0) is 11.3. The van der Waals surface area contributed by atoms with Crippen molar-refractivity contribution in [1.29, 1.82) is 0 Å². The van der Waals surface area contributed by atoms with Crippen molar-refractivity contribution in [3.63, 3.8) is 0 Å². The van der Waals surface area contributed by atoms with Crippen LogP contribution in [-0.2, 0) is 6.54 Å². The van der Waals surface area contributed by atoms with Crippen molar-refractivity contribution in [3.8, 4) is 0 Å². The van der Waals surface area contributed by atoms with Crippen molar-refractivity contribution in [2.24, 2.45) is 0 Å². The fourth-order valence-corrected chi connectivity index (χ4v) is 1.77. The van der Waals surface area contributed by atoms with Crippen LogP contribution in [0.2, 0.25) is 5.02 Å². The van der Waals surface area contributed by atoms with Gasteiger partial charge in [-0.15, -0.1) is 0 Å². The van der Waals surface area contributed by atoms with E-state index in [2.05, 4.69) is 30.8 Å². The Labute approximate surface area is 97.3 Å². The molecule has 1 atom stereocenters. The molecule has 2 nitrogen and oxygen atoms in total. The molecular weight excluding hydrogens is 208 g/mol. The summed E-state index contributed by atoms with van der Waals surface area (Å²) in [5.41, 5.74) is 1.04. The van der Waals surface area contributed by atoms with Crippen molar-refractivity contribution in [3.05, 3.63) is 29.0 Å². The molecule has 0 aromatic carbocycles. The van der Waals surface area contributed by atoms with Gasteiger partial charge in [-0.3, -0.25) is 9.88 Å². The molecule has 0 aliphatic carbocycles.